The zero-order valence-corrected chi connectivity index (χ0v) is 20.4. The van der Waals surface area contributed by atoms with Crippen LogP contribution >= 0.6 is 0 Å². The number of anilines is 1. The average Bonchev–Trinajstić information content (AvgIpc) is 3.25. The molecule has 10 nitrogen and oxygen atoms in total. The lowest BCUT2D eigenvalue weighted by molar-refractivity contribution is -0.131. The van der Waals surface area contributed by atoms with Crippen LogP contribution in [0.25, 0.3) is 11.0 Å². The maximum absolute atomic E-state index is 12.7. The van der Waals surface area contributed by atoms with Gasteiger partial charge in [0.2, 0.25) is 5.91 Å². The number of unbranched alkanes of at least 4 members (excludes halogenated alkanes) is 1. The predicted molar refractivity (Wildman–Crippen MR) is 129 cm³/mol. The van der Waals surface area contributed by atoms with Crippen LogP contribution in [0.2, 0.25) is 0 Å². The second-order valence-electron chi connectivity index (χ2n) is 8.87. The fourth-order valence-electron chi connectivity index (χ4n) is 4.39. The van der Waals surface area contributed by atoms with E-state index in [1.807, 2.05) is 19.2 Å². The van der Waals surface area contributed by atoms with E-state index in [2.05, 4.69) is 23.7 Å². The number of hydrogen-bond donors (Lipinski definition) is 1. The van der Waals surface area contributed by atoms with Gasteiger partial charge >= 0.3 is 6.09 Å². The molecule has 0 unspecified atom stereocenters. The predicted octanol–water partition coefficient (Wildman–Crippen LogP) is 2.69. The van der Waals surface area contributed by atoms with Crippen molar-refractivity contribution in [2.24, 2.45) is 11.7 Å². The molecule has 0 spiro atoms. The third-order valence-electron chi connectivity index (χ3n) is 6.40. The van der Waals surface area contributed by atoms with Crippen molar-refractivity contribution in [2.45, 2.75) is 58.4 Å². The number of ether oxygens (including phenoxy) is 1. The maximum atomic E-state index is 12.7. The largest absolute Gasteiger partial charge is 0.449 e. The van der Waals surface area contributed by atoms with Crippen LogP contribution in [0.1, 0.15) is 51.8 Å². The summed E-state index contributed by atoms with van der Waals surface area (Å²) in [6.45, 7) is 6.27. The van der Waals surface area contributed by atoms with Crippen molar-refractivity contribution in [3.8, 4) is 6.07 Å². The molecule has 1 aliphatic heterocycles. The number of amides is 1. The number of nitrogens with two attached hydrogens (primary N) is 1. The smallest absolute Gasteiger partial charge is 0.419 e. The summed E-state index contributed by atoms with van der Waals surface area (Å²) in [7, 11) is 1.97. The molecule has 0 aliphatic carbocycles. The molecule has 2 N–H and O–H groups in total. The summed E-state index contributed by atoms with van der Waals surface area (Å²) in [6, 6.07) is 3.82. The monoisotopic (exact) mass is 469 g/mol. The summed E-state index contributed by atoms with van der Waals surface area (Å²) in [4.78, 5) is 38.5. The molecule has 1 amide bonds. The minimum Gasteiger partial charge on any atom is -0.449 e. The van der Waals surface area contributed by atoms with E-state index in [0.29, 0.717) is 56.5 Å². The summed E-state index contributed by atoms with van der Waals surface area (Å²) in [5.41, 5.74) is 6.03. The molecule has 3 rings (SSSR count). The van der Waals surface area contributed by atoms with Crippen LogP contribution in [0.5, 0.6) is 0 Å². The highest BCUT2D eigenvalue weighted by Gasteiger charge is 2.33. The van der Waals surface area contributed by atoms with Gasteiger partial charge in [-0.3, -0.25) is 4.79 Å². The van der Waals surface area contributed by atoms with Gasteiger partial charge in [0, 0.05) is 32.8 Å². The van der Waals surface area contributed by atoms with E-state index in [-0.39, 0.29) is 18.4 Å². The lowest BCUT2D eigenvalue weighted by Gasteiger charge is -2.42. The SMILES string of the molecule is CCCc1nc(N(C)[C@H]2CN(C(=O)CC#N)CC[C@H]2C)c2ccn(C(=O)OCCCCN)c2n1. The van der Waals surface area contributed by atoms with E-state index in [1.165, 1.54) is 4.57 Å². The molecule has 0 bridgehead atoms. The van der Waals surface area contributed by atoms with Gasteiger partial charge < -0.3 is 20.3 Å². The number of rotatable bonds is 9. The Morgan fingerprint density at radius 2 is 2.15 bits per heavy atom. The van der Waals surface area contributed by atoms with Crippen molar-refractivity contribution >= 4 is 28.9 Å². The second kappa shape index (κ2) is 11.8. The van der Waals surface area contributed by atoms with E-state index >= 15 is 0 Å². The summed E-state index contributed by atoms with van der Waals surface area (Å²) < 4.78 is 6.85. The van der Waals surface area contributed by atoms with Gasteiger partial charge in [-0.25, -0.2) is 19.3 Å². The fraction of sp³-hybridized carbons (Fsp3) is 0.625. The van der Waals surface area contributed by atoms with Crippen LogP contribution in [-0.2, 0) is 16.0 Å². The van der Waals surface area contributed by atoms with Gasteiger partial charge in [0.25, 0.3) is 0 Å². The minimum absolute atomic E-state index is 0.0236. The maximum Gasteiger partial charge on any atom is 0.419 e. The number of nitrogens with zero attached hydrogens (tertiary/aromatic N) is 6. The van der Waals surface area contributed by atoms with Gasteiger partial charge in [-0.15, -0.1) is 0 Å². The van der Waals surface area contributed by atoms with Crippen molar-refractivity contribution < 1.29 is 14.3 Å². The van der Waals surface area contributed by atoms with Crippen LogP contribution in [0.3, 0.4) is 0 Å². The van der Waals surface area contributed by atoms with Gasteiger partial charge in [0.05, 0.1) is 24.1 Å². The van der Waals surface area contributed by atoms with Crippen molar-refractivity contribution in [3.63, 3.8) is 0 Å². The third kappa shape index (κ3) is 5.65. The molecule has 2 atom stereocenters. The van der Waals surface area contributed by atoms with Crippen molar-refractivity contribution in [3.05, 3.63) is 18.1 Å². The first-order chi connectivity index (χ1) is 16.4. The number of aryl methyl sites for hydroxylation is 1. The average molecular weight is 470 g/mol. The van der Waals surface area contributed by atoms with Crippen LogP contribution in [-0.4, -0.2) is 70.8 Å². The Balaban J connectivity index is 1.92. The number of likely N-dealkylation sites (N-methyl/N-ethyl adjacent to an activating group) is 1. The number of nitriles is 1. The Kier molecular flexibility index (Phi) is 8.82. The molecule has 2 aromatic heterocycles. The van der Waals surface area contributed by atoms with Gasteiger partial charge in [-0.05, 0) is 44.2 Å². The molecular formula is C24H35N7O3. The number of fused-ring (bicyclic) bond motifs is 1. The summed E-state index contributed by atoms with van der Waals surface area (Å²) in [5, 5.41) is 9.69. The van der Waals surface area contributed by atoms with E-state index < -0.39 is 6.09 Å². The van der Waals surface area contributed by atoms with Gasteiger partial charge in [0.1, 0.15) is 18.1 Å². The Morgan fingerprint density at radius 3 is 2.85 bits per heavy atom. The van der Waals surface area contributed by atoms with Gasteiger partial charge in [-0.2, -0.15) is 5.26 Å². The topological polar surface area (TPSA) is 130 Å². The fourth-order valence-corrected chi connectivity index (χ4v) is 4.39. The summed E-state index contributed by atoms with van der Waals surface area (Å²) in [6.07, 6.45) is 5.00. The highest BCUT2D eigenvalue weighted by Crippen LogP contribution is 2.30. The Morgan fingerprint density at radius 1 is 1.35 bits per heavy atom. The highest BCUT2D eigenvalue weighted by molar-refractivity contribution is 5.93. The van der Waals surface area contributed by atoms with Crippen LogP contribution < -0.4 is 10.6 Å². The molecule has 0 radical (unpaired) electrons. The van der Waals surface area contributed by atoms with Crippen molar-refractivity contribution in [2.75, 3.05) is 38.2 Å². The first kappa shape index (κ1) is 25.4. The van der Waals surface area contributed by atoms with Crippen LogP contribution in [0.15, 0.2) is 12.3 Å². The zero-order valence-electron chi connectivity index (χ0n) is 20.4. The number of likely N-dealkylation sites (tertiary alicyclic amines) is 1. The second-order valence-corrected chi connectivity index (χ2v) is 8.87. The number of aromatic nitrogens is 3. The molecule has 2 aromatic rings. The van der Waals surface area contributed by atoms with Crippen LogP contribution in [0.4, 0.5) is 10.6 Å². The Labute approximate surface area is 200 Å². The van der Waals surface area contributed by atoms with Crippen molar-refractivity contribution in [1.29, 1.82) is 5.26 Å². The molecule has 1 saturated heterocycles. The molecule has 34 heavy (non-hydrogen) atoms. The lowest BCUT2D eigenvalue weighted by atomic mass is 9.92. The molecular weight excluding hydrogens is 434 g/mol. The standard InChI is InChI=1S/C24H35N7O3/c1-4-7-20-27-22(29(3)19-16-30(13-9-17(19)2)21(32)8-12-26)18-10-14-31(23(18)28-20)24(33)34-15-6-5-11-25/h10,14,17,19H,4-9,11,13,15-16,25H2,1-3H3/t17-,19+/m1/s1. The zero-order chi connectivity index (χ0) is 24.7. The van der Waals surface area contributed by atoms with E-state index in [4.69, 9.17) is 20.7 Å². The lowest BCUT2D eigenvalue weighted by Crippen LogP contribution is -2.52. The van der Waals surface area contributed by atoms with E-state index in [9.17, 15) is 9.59 Å². The van der Waals surface area contributed by atoms with E-state index in [0.717, 1.165) is 30.5 Å². The normalized spacial score (nSPS) is 18.0. The molecule has 3 heterocycles. The summed E-state index contributed by atoms with van der Waals surface area (Å²) >= 11 is 0. The number of carbonyl (C=O) groups excluding carboxylic acids is 2. The molecule has 10 heteroatoms. The van der Waals surface area contributed by atoms with E-state index in [1.54, 1.807) is 11.1 Å². The molecule has 0 aromatic carbocycles. The Bertz CT molecular complexity index is 1050. The first-order valence-corrected chi connectivity index (χ1v) is 12.0. The number of carbonyl (C=O) groups is 2. The molecule has 184 valence electrons. The van der Waals surface area contributed by atoms with Crippen molar-refractivity contribution in [1.82, 2.24) is 19.4 Å². The number of hydrogen-bond acceptors (Lipinski definition) is 8. The Hall–Kier alpha value is -3.19. The van der Waals surface area contributed by atoms with Crippen LogP contribution in [0, 0.1) is 17.2 Å². The molecule has 1 fully saturated rings. The third-order valence-corrected chi connectivity index (χ3v) is 6.40. The highest BCUT2D eigenvalue weighted by atomic mass is 16.5. The molecule has 1 aliphatic rings. The van der Waals surface area contributed by atoms with Gasteiger partial charge in [-0.1, -0.05) is 13.8 Å². The minimum atomic E-state index is -0.471. The molecule has 0 saturated carbocycles. The van der Waals surface area contributed by atoms with Gasteiger partial charge in [0.15, 0.2) is 5.65 Å². The first-order valence-electron chi connectivity index (χ1n) is 12.0. The number of piperidine rings is 1. The summed E-state index contributed by atoms with van der Waals surface area (Å²) in [5.74, 6) is 1.57. The quantitative estimate of drug-likeness (QED) is 0.555.